The summed E-state index contributed by atoms with van der Waals surface area (Å²) in [5.74, 6) is 0. The number of thiophene rings is 1. The third-order valence-electron chi connectivity index (χ3n) is 1.71. The highest BCUT2D eigenvalue weighted by atomic mass is 35.5. The van der Waals surface area contributed by atoms with Gasteiger partial charge in [0.05, 0.1) is 5.00 Å². The quantitative estimate of drug-likeness (QED) is 0.708. The number of nitrogen functional groups attached to an aromatic ring is 1. The van der Waals surface area contributed by atoms with Crippen LogP contribution in [0.3, 0.4) is 0 Å². The van der Waals surface area contributed by atoms with E-state index in [-0.39, 0.29) is 0 Å². The molecule has 0 radical (unpaired) electrons. The molecule has 2 aromatic rings. The molecule has 0 aliphatic rings. The minimum absolute atomic E-state index is 0.406. The largest absolute Gasteiger partial charge is 0.390 e. The van der Waals surface area contributed by atoms with Crippen molar-refractivity contribution < 1.29 is 0 Å². The lowest BCUT2D eigenvalue weighted by atomic mass is 10.2. The molecule has 2 rings (SSSR count). The first kappa shape index (κ1) is 7.76. The Morgan fingerprint density at radius 1 is 1.50 bits per heavy atom. The van der Waals surface area contributed by atoms with Gasteiger partial charge in [0.15, 0.2) is 5.15 Å². The zero-order valence-corrected chi connectivity index (χ0v) is 7.91. The van der Waals surface area contributed by atoms with E-state index in [9.17, 15) is 0 Å². The Morgan fingerprint density at radius 2 is 2.25 bits per heavy atom. The van der Waals surface area contributed by atoms with Crippen molar-refractivity contribution in [2.75, 3.05) is 5.73 Å². The van der Waals surface area contributed by atoms with Crippen LogP contribution in [0.4, 0.5) is 5.00 Å². The maximum Gasteiger partial charge on any atom is 0.152 e. The third-order valence-corrected chi connectivity index (χ3v) is 2.92. The van der Waals surface area contributed by atoms with Crippen LogP contribution >= 0.6 is 22.9 Å². The number of halogens is 1. The van der Waals surface area contributed by atoms with E-state index < -0.39 is 0 Å². The van der Waals surface area contributed by atoms with Gasteiger partial charge in [-0.15, -0.1) is 10.2 Å². The minimum atomic E-state index is 0.406. The van der Waals surface area contributed by atoms with Gasteiger partial charge in [0.25, 0.3) is 0 Å². The molecule has 0 atom stereocenters. The van der Waals surface area contributed by atoms with Crippen molar-refractivity contribution in [2.45, 2.75) is 6.92 Å². The lowest BCUT2D eigenvalue weighted by molar-refractivity contribution is 1.09. The van der Waals surface area contributed by atoms with Crippen LogP contribution in [0, 0.1) is 6.92 Å². The standard InChI is InChI=1S/C7H6ClN3S/c1-3-4-2-5(8)10-11-7(4)12-6(3)9/h2H,9H2,1H3. The van der Waals surface area contributed by atoms with Crippen molar-refractivity contribution in [1.82, 2.24) is 10.2 Å². The molecule has 0 unspecified atom stereocenters. The molecule has 0 spiro atoms. The number of nitrogens with two attached hydrogens (primary N) is 1. The molecule has 62 valence electrons. The van der Waals surface area contributed by atoms with Crippen LogP contribution in [0.5, 0.6) is 0 Å². The summed E-state index contributed by atoms with van der Waals surface area (Å²) < 4.78 is 0. The Bertz CT molecular complexity index is 437. The van der Waals surface area contributed by atoms with E-state index in [2.05, 4.69) is 10.2 Å². The van der Waals surface area contributed by atoms with Crippen molar-refractivity contribution in [3.05, 3.63) is 16.8 Å². The minimum Gasteiger partial charge on any atom is -0.390 e. The molecular formula is C7H6ClN3S. The zero-order valence-electron chi connectivity index (χ0n) is 6.34. The van der Waals surface area contributed by atoms with Crippen LogP contribution in [0.25, 0.3) is 10.2 Å². The van der Waals surface area contributed by atoms with E-state index in [1.165, 1.54) is 11.3 Å². The van der Waals surface area contributed by atoms with Gasteiger partial charge in [-0.2, -0.15) is 0 Å². The third kappa shape index (κ3) is 1.04. The summed E-state index contributed by atoms with van der Waals surface area (Å²) in [5.41, 5.74) is 6.74. The van der Waals surface area contributed by atoms with E-state index in [0.717, 1.165) is 20.8 Å². The normalized spacial score (nSPS) is 10.8. The van der Waals surface area contributed by atoms with E-state index >= 15 is 0 Å². The van der Waals surface area contributed by atoms with Crippen molar-refractivity contribution in [3.8, 4) is 0 Å². The van der Waals surface area contributed by atoms with Crippen LogP contribution in [-0.4, -0.2) is 10.2 Å². The van der Waals surface area contributed by atoms with Gasteiger partial charge in [0.2, 0.25) is 0 Å². The topological polar surface area (TPSA) is 51.8 Å². The summed E-state index contributed by atoms with van der Waals surface area (Å²) in [6.07, 6.45) is 0. The summed E-state index contributed by atoms with van der Waals surface area (Å²) in [6, 6.07) is 1.78. The molecule has 5 heteroatoms. The van der Waals surface area contributed by atoms with Crippen molar-refractivity contribution >= 4 is 38.2 Å². The summed E-state index contributed by atoms with van der Waals surface area (Å²) >= 11 is 7.12. The van der Waals surface area contributed by atoms with Gasteiger partial charge in [-0.1, -0.05) is 22.9 Å². The van der Waals surface area contributed by atoms with Gasteiger partial charge >= 0.3 is 0 Å². The predicted octanol–water partition coefficient (Wildman–Crippen LogP) is 2.24. The smallest absolute Gasteiger partial charge is 0.152 e. The van der Waals surface area contributed by atoms with E-state index in [1.807, 2.05) is 6.92 Å². The number of aryl methyl sites for hydroxylation is 1. The first-order valence-corrected chi connectivity index (χ1v) is 4.55. The van der Waals surface area contributed by atoms with E-state index in [0.29, 0.717) is 5.15 Å². The van der Waals surface area contributed by atoms with Crippen molar-refractivity contribution in [3.63, 3.8) is 0 Å². The number of aromatic nitrogens is 2. The van der Waals surface area contributed by atoms with Gasteiger partial charge in [0.1, 0.15) is 4.83 Å². The molecule has 2 heterocycles. The summed E-state index contributed by atoms with van der Waals surface area (Å²) in [6.45, 7) is 1.95. The number of rotatable bonds is 0. The molecular weight excluding hydrogens is 194 g/mol. The number of anilines is 1. The Morgan fingerprint density at radius 3 is 3.00 bits per heavy atom. The fourth-order valence-corrected chi connectivity index (χ4v) is 2.04. The fraction of sp³-hybridized carbons (Fsp3) is 0.143. The number of fused-ring (bicyclic) bond motifs is 1. The van der Waals surface area contributed by atoms with Crippen LogP contribution in [0.1, 0.15) is 5.56 Å². The first-order valence-electron chi connectivity index (χ1n) is 3.36. The number of hydrogen-bond acceptors (Lipinski definition) is 4. The lowest BCUT2D eigenvalue weighted by Crippen LogP contribution is -1.82. The second-order valence-corrected chi connectivity index (χ2v) is 3.90. The maximum atomic E-state index is 5.71. The highest BCUT2D eigenvalue weighted by molar-refractivity contribution is 7.22. The monoisotopic (exact) mass is 199 g/mol. The molecule has 0 aliphatic carbocycles. The van der Waals surface area contributed by atoms with Gasteiger partial charge in [-0.05, 0) is 18.6 Å². The first-order chi connectivity index (χ1) is 5.68. The molecule has 2 N–H and O–H groups in total. The van der Waals surface area contributed by atoms with Gasteiger partial charge < -0.3 is 5.73 Å². The average Bonchev–Trinajstić information content (AvgIpc) is 2.31. The molecule has 0 aromatic carbocycles. The molecule has 2 aromatic heterocycles. The molecule has 3 nitrogen and oxygen atoms in total. The molecule has 0 saturated heterocycles. The van der Waals surface area contributed by atoms with Crippen LogP contribution in [0.15, 0.2) is 6.07 Å². The fourth-order valence-electron chi connectivity index (χ4n) is 1.01. The SMILES string of the molecule is Cc1c(N)sc2nnc(Cl)cc12. The van der Waals surface area contributed by atoms with Gasteiger partial charge in [-0.3, -0.25) is 0 Å². The lowest BCUT2D eigenvalue weighted by Gasteiger charge is -1.90. The summed E-state index contributed by atoms with van der Waals surface area (Å²) in [4.78, 5) is 0.842. The predicted molar refractivity (Wildman–Crippen MR) is 51.6 cm³/mol. The molecule has 0 saturated carbocycles. The highest BCUT2D eigenvalue weighted by Gasteiger charge is 2.07. The van der Waals surface area contributed by atoms with Crippen LogP contribution in [0.2, 0.25) is 5.15 Å². The Balaban J connectivity index is 2.88. The molecule has 12 heavy (non-hydrogen) atoms. The Kier molecular flexibility index (Phi) is 1.66. The highest BCUT2D eigenvalue weighted by Crippen LogP contribution is 2.31. The molecule has 0 aliphatic heterocycles. The van der Waals surface area contributed by atoms with E-state index in [4.69, 9.17) is 17.3 Å². The molecule has 0 fully saturated rings. The Hall–Kier alpha value is -0.870. The van der Waals surface area contributed by atoms with Crippen LogP contribution < -0.4 is 5.73 Å². The van der Waals surface area contributed by atoms with Crippen molar-refractivity contribution in [2.24, 2.45) is 0 Å². The molecule has 0 amide bonds. The van der Waals surface area contributed by atoms with Crippen LogP contribution in [-0.2, 0) is 0 Å². The number of hydrogen-bond donors (Lipinski definition) is 1. The van der Waals surface area contributed by atoms with Gasteiger partial charge in [-0.25, -0.2) is 0 Å². The van der Waals surface area contributed by atoms with Crippen molar-refractivity contribution in [1.29, 1.82) is 0 Å². The Labute approximate surface area is 78.2 Å². The maximum absolute atomic E-state index is 5.71. The zero-order chi connectivity index (χ0) is 8.72. The summed E-state index contributed by atoms with van der Waals surface area (Å²) in [5, 5.41) is 9.83. The molecule has 0 bridgehead atoms. The summed E-state index contributed by atoms with van der Waals surface area (Å²) in [7, 11) is 0. The second-order valence-electron chi connectivity index (χ2n) is 2.48. The van der Waals surface area contributed by atoms with Gasteiger partial charge in [0, 0.05) is 5.39 Å². The average molecular weight is 200 g/mol. The van der Waals surface area contributed by atoms with E-state index in [1.54, 1.807) is 6.07 Å². The number of nitrogens with zero attached hydrogens (tertiary/aromatic N) is 2. The second kappa shape index (κ2) is 2.57.